The molecule has 4 N–H and O–H groups in total. The molecule has 0 aliphatic heterocycles. The van der Waals surface area contributed by atoms with Crippen molar-refractivity contribution < 1.29 is 14.2 Å². The first-order valence-electron chi connectivity index (χ1n) is 7.54. The molecule has 1 atom stereocenters. The fourth-order valence-electron chi connectivity index (χ4n) is 2.24. The fourth-order valence-corrected chi connectivity index (χ4v) is 2.24. The number of ether oxygens (including phenoxy) is 1. The minimum atomic E-state index is -1.24. The number of aliphatic imine (C=N–C) groups is 1. The highest BCUT2D eigenvalue weighted by Gasteiger charge is 2.22. The zero-order valence-corrected chi connectivity index (χ0v) is 13.8. The Hall–Kier alpha value is -2.44. The third-order valence-corrected chi connectivity index (χ3v) is 3.60. The predicted molar refractivity (Wildman–Crippen MR) is 93.2 cm³/mol. The minimum absolute atomic E-state index is 0.0455. The van der Waals surface area contributed by atoms with Gasteiger partial charge in [-0.05, 0) is 30.7 Å². The Morgan fingerprint density at radius 2 is 1.92 bits per heavy atom. The van der Waals surface area contributed by atoms with Crippen LogP contribution in [0.3, 0.4) is 0 Å². The van der Waals surface area contributed by atoms with Gasteiger partial charge in [0.25, 0.3) is 0 Å². The van der Waals surface area contributed by atoms with E-state index in [-0.39, 0.29) is 18.3 Å². The summed E-state index contributed by atoms with van der Waals surface area (Å²) in [6.07, 6.45) is 0. The molecule has 128 valence electrons. The molecule has 0 heterocycles. The molecule has 5 nitrogen and oxygen atoms in total. The molecule has 2 aromatic rings. The average molecular weight is 331 g/mol. The van der Waals surface area contributed by atoms with Gasteiger partial charge in [0.15, 0.2) is 5.96 Å². The van der Waals surface area contributed by atoms with Gasteiger partial charge in [-0.2, -0.15) is 0 Å². The van der Waals surface area contributed by atoms with Crippen molar-refractivity contribution in [2.45, 2.75) is 19.1 Å². The number of rotatable bonds is 6. The lowest BCUT2D eigenvalue weighted by Gasteiger charge is -2.22. The summed E-state index contributed by atoms with van der Waals surface area (Å²) >= 11 is 0. The van der Waals surface area contributed by atoms with Gasteiger partial charge in [-0.1, -0.05) is 30.3 Å². The summed E-state index contributed by atoms with van der Waals surface area (Å²) in [7, 11) is 1.62. The number of aliphatic hydroxyl groups is 1. The number of nitrogens with two attached hydrogens (primary N) is 1. The molecule has 0 spiro atoms. The molecule has 1 unspecified atom stereocenters. The first kappa shape index (κ1) is 17.9. The summed E-state index contributed by atoms with van der Waals surface area (Å²) in [6, 6.07) is 13.2. The summed E-state index contributed by atoms with van der Waals surface area (Å²) < 4.78 is 18.1. The second-order valence-electron chi connectivity index (χ2n) is 5.70. The Bertz CT molecular complexity index is 700. The van der Waals surface area contributed by atoms with Crippen molar-refractivity contribution in [3.05, 3.63) is 65.5 Å². The molecule has 0 aliphatic carbocycles. The van der Waals surface area contributed by atoms with Gasteiger partial charge in [0.1, 0.15) is 11.4 Å². The molecule has 24 heavy (non-hydrogen) atoms. The van der Waals surface area contributed by atoms with E-state index in [2.05, 4.69) is 10.3 Å². The molecular weight excluding hydrogens is 309 g/mol. The van der Waals surface area contributed by atoms with Crippen LogP contribution in [0.5, 0.6) is 0 Å². The van der Waals surface area contributed by atoms with Crippen LogP contribution in [0, 0.1) is 5.82 Å². The molecule has 2 rings (SSSR count). The fraction of sp³-hybridized carbons (Fsp3) is 0.278. The SMILES string of the molecule is COCc1ccccc1NC(N)=NCC(C)(O)c1ccc(F)cc1. The molecule has 0 bridgehead atoms. The highest BCUT2D eigenvalue weighted by molar-refractivity contribution is 5.93. The van der Waals surface area contributed by atoms with E-state index in [0.29, 0.717) is 12.2 Å². The van der Waals surface area contributed by atoms with Crippen LogP contribution < -0.4 is 11.1 Å². The number of hydrogen-bond acceptors (Lipinski definition) is 3. The van der Waals surface area contributed by atoms with Crippen molar-refractivity contribution in [3.8, 4) is 0 Å². The molecular formula is C18H22FN3O2. The molecule has 2 aromatic carbocycles. The molecule has 0 radical (unpaired) electrons. The number of nitrogens with one attached hydrogen (secondary N) is 1. The lowest BCUT2D eigenvalue weighted by Crippen LogP contribution is -2.30. The molecule has 0 amide bonds. The van der Waals surface area contributed by atoms with Gasteiger partial charge in [0, 0.05) is 18.4 Å². The van der Waals surface area contributed by atoms with Crippen LogP contribution in [0.4, 0.5) is 10.1 Å². The van der Waals surface area contributed by atoms with E-state index in [0.717, 1.165) is 11.3 Å². The first-order valence-corrected chi connectivity index (χ1v) is 7.54. The summed E-state index contributed by atoms with van der Waals surface area (Å²) in [5.41, 5.74) is 6.97. The van der Waals surface area contributed by atoms with E-state index >= 15 is 0 Å². The van der Waals surface area contributed by atoms with Crippen LogP contribution in [0.25, 0.3) is 0 Å². The van der Waals surface area contributed by atoms with Crippen molar-refractivity contribution in [1.82, 2.24) is 0 Å². The molecule has 0 fully saturated rings. The van der Waals surface area contributed by atoms with Crippen LogP contribution in [-0.2, 0) is 16.9 Å². The second-order valence-corrected chi connectivity index (χ2v) is 5.70. The van der Waals surface area contributed by atoms with Gasteiger partial charge in [-0.15, -0.1) is 0 Å². The zero-order valence-electron chi connectivity index (χ0n) is 13.8. The smallest absolute Gasteiger partial charge is 0.193 e. The normalized spacial score (nSPS) is 14.2. The maximum atomic E-state index is 13.0. The van der Waals surface area contributed by atoms with Gasteiger partial charge in [-0.25, -0.2) is 9.38 Å². The third kappa shape index (κ3) is 4.78. The van der Waals surface area contributed by atoms with Crippen LogP contribution in [0.1, 0.15) is 18.1 Å². The van der Waals surface area contributed by atoms with E-state index in [1.807, 2.05) is 24.3 Å². The standard InChI is InChI=1S/C18H22FN3O2/c1-18(23,14-7-9-15(19)10-8-14)12-21-17(20)22-16-6-4-3-5-13(16)11-24-2/h3-10,23H,11-12H2,1-2H3,(H3,20,21,22). The third-order valence-electron chi connectivity index (χ3n) is 3.60. The summed E-state index contributed by atoms with van der Waals surface area (Å²) in [5.74, 6) is -0.171. The number of anilines is 1. The van der Waals surface area contributed by atoms with Gasteiger partial charge < -0.3 is 20.9 Å². The number of halogens is 1. The Kier molecular flexibility index (Phi) is 5.89. The number of nitrogens with zero attached hydrogens (tertiary/aromatic N) is 1. The lowest BCUT2D eigenvalue weighted by atomic mass is 9.96. The van der Waals surface area contributed by atoms with Crippen LogP contribution >= 0.6 is 0 Å². The first-order chi connectivity index (χ1) is 11.4. The minimum Gasteiger partial charge on any atom is -0.384 e. The average Bonchev–Trinajstić information content (AvgIpc) is 2.56. The Morgan fingerprint density at radius 3 is 2.58 bits per heavy atom. The van der Waals surface area contributed by atoms with Gasteiger partial charge in [0.05, 0.1) is 13.2 Å². The molecule has 0 saturated heterocycles. The summed E-state index contributed by atoms with van der Waals surface area (Å²) in [6.45, 7) is 2.10. The summed E-state index contributed by atoms with van der Waals surface area (Å²) in [4.78, 5) is 4.19. The van der Waals surface area contributed by atoms with Crippen LogP contribution in [0.2, 0.25) is 0 Å². The number of methoxy groups -OCH3 is 1. The van der Waals surface area contributed by atoms with Crippen LogP contribution in [0.15, 0.2) is 53.5 Å². The largest absolute Gasteiger partial charge is 0.384 e. The number of guanidine groups is 1. The number of para-hydroxylation sites is 1. The molecule has 0 saturated carbocycles. The van der Waals surface area contributed by atoms with Crippen LogP contribution in [-0.4, -0.2) is 24.7 Å². The topological polar surface area (TPSA) is 79.9 Å². The molecule has 6 heteroatoms. The number of hydrogen-bond donors (Lipinski definition) is 3. The van der Waals surface area contributed by atoms with Crippen molar-refractivity contribution in [3.63, 3.8) is 0 Å². The van der Waals surface area contributed by atoms with E-state index in [1.54, 1.807) is 14.0 Å². The predicted octanol–water partition coefficient (Wildman–Crippen LogP) is 2.61. The van der Waals surface area contributed by atoms with Crippen molar-refractivity contribution in [1.29, 1.82) is 0 Å². The van der Waals surface area contributed by atoms with Crippen molar-refractivity contribution in [2.75, 3.05) is 19.0 Å². The Balaban J connectivity index is 2.07. The van der Waals surface area contributed by atoms with E-state index < -0.39 is 5.60 Å². The van der Waals surface area contributed by atoms with E-state index in [1.165, 1.54) is 24.3 Å². The highest BCUT2D eigenvalue weighted by Crippen LogP contribution is 2.21. The Labute approximate surface area is 141 Å². The second kappa shape index (κ2) is 7.90. The Morgan fingerprint density at radius 1 is 1.25 bits per heavy atom. The number of benzene rings is 2. The van der Waals surface area contributed by atoms with Crippen molar-refractivity contribution in [2.24, 2.45) is 10.7 Å². The monoisotopic (exact) mass is 331 g/mol. The van der Waals surface area contributed by atoms with E-state index in [4.69, 9.17) is 10.5 Å². The molecule has 0 aromatic heterocycles. The van der Waals surface area contributed by atoms with Gasteiger partial charge in [0.2, 0.25) is 0 Å². The molecule has 0 aliphatic rings. The van der Waals surface area contributed by atoms with Crippen molar-refractivity contribution >= 4 is 11.6 Å². The zero-order chi connectivity index (χ0) is 17.6. The highest BCUT2D eigenvalue weighted by atomic mass is 19.1. The van der Waals surface area contributed by atoms with Gasteiger partial charge in [-0.3, -0.25) is 0 Å². The quantitative estimate of drug-likeness (QED) is 0.561. The summed E-state index contributed by atoms with van der Waals surface area (Å²) in [5, 5.41) is 13.5. The van der Waals surface area contributed by atoms with E-state index in [9.17, 15) is 9.50 Å². The lowest BCUT2D eigenvalue weighted by molar-refractivity contribution is 0.0673. The maximum absolute atomic E-state index is 13.0. The maximum Gasteiger partial charge on any atom is 0.193 e. The van der Waals surface area contributed by atoms with Gasteiger partial charge >= 0.3 is 0 Å².